The van der Waals surface area contributed by atoms with Crippen molar-refractivity contribution in [3.63, 3.8) is 0 Å². The van der Waals surface area contributed by atoms with Crippen molar-refractivity contribution >= 4 is 0 Å². The van der Waals surface area contributed by atoms with Gasteiger partial charge in [0.05, 0.1) is 6.54 Å². The molecule has 0 bridgehead atoms. The SMILES string of the molecule is Cc1ccc(CN(C)C2(CN)CCOCC2)o1. The minimum absolute atomic E-state index is 0.0684. The van der Waals surface area contributed by atoms with Crippen molar-refractivity contribution in [3.8, 4) is 0 Å². The third kappa shape index (κ3) is 2.70. The van der Waals surface area contributed by atoms with Gasteiger partial charge in [-0.25, -0.2) is 0 Å². The van der Waals surface area contributed by atoms with Crippen LogP contribution in [0.15, 0.2) is 16.5 Å². The number of aryl methyl sites for hydroxylation is 1. The zero-order chi connectivity index (χ0) is 12.3. The van der Waals surface area contributed by atoms with Gasteiger partial charge in [0.25, 0.3) is 0 Å². The van der Waals surface area contributed by atoms with E-state index in [1.807, 2.05) is 19.1 Å². The molecule has 1 fully saturated rings. The number of hydrogen-bond donors (Lipinski definition) is 1. The van der Waals surface area contributed by atoms with Gasteiger partial charge in [-0.2, -0.15) is 0 Å². The average Bonchev–Trinajstić information content (AvgIpc) is 2.75. The summed E-state index contributed by atoms with van der Waals surface area (Å²) in [6.45, 7) is 5.06. The Kier molecular flexibility index (Phi) is 3.86. The Bertz CT molecular complexity index is 356. The van der Waals surface area contributed by atoms with Gasteiger partial charge in [0, 0.05) is 25.3 Å². The number of nitrogens with two attached hydrogens (primary N) is 1. The first-order valence-corrected chi connectivity index (χ1v) is 6.21. The van der Waals surface area contributed by atoms with Crippen LogP contribution >= 0.6 is 0 Å². The van der Waals surface area contributed by atoms with Crippen LogP contribution < -0.4 is 5.73 Å². The van der Waals surface area contributed by atoms with E-state index in [4.69, 9.17) is 14.9 Å². The quantitative estimate of drug-likeness (QED) is 0.864. The van der Waals surface area contributed by atoms with Gasteiger partial charge in [0.2, 0.25) is 0 Å². The molecular weight excluding hydrogens is 216 g/mol. The van der Waals surface area contributed by atoms with Crippen molar-refractivity contribution in [2.75, 3.05) is 26.8 Å². The summed E-state index contributed by atoms with van der Waals surface area (Å²) in [4.78, 5) is 2.31. The van der Waals surface area contributed by atoms with Crippen molar-refractivity contribution in [1.82, 2.24) is 4.90 Å². The Morgan fingerprint density at radius 2 is 2.06 bits per heavy atom. The maximum atomic E-state index is 5.97. The van der Waals surface area contributed by atoms with Crippen LogP contribution in [-0.4, -0.2) is 37.2 Å². The van der Waals surface area contributed by atoms with Crippen LogP contribution in [0.25, 0.3) is 0 Å². The van der Waals surface area contributed by atoms with Crippen LogP contribution in [-0.2, 0) is 11.3 Å². The monoisotopic (exact) mass is 238 g/mol. The zero-order valence-electron chi connectivity index (χ0n) is 10.7. The summed E-state index contributed by atoms with van der Waals surface area (Å²) in [5, 5.41) is 0. The third-order valence-corrected chi connectivity index (χ3v) is 3.80. The lowest BCUT2D eigenvalue weighted by atomic mass is 9.88. The molecule has 0 spiro atoms. The summed E-state index contributed by atoms with van der Waals surface area (Å²) in [7, 11) is 2.12. The first-order chi connectivity index (χ1) is 8.16. The molecule has 1 aromatic heterocycles. The van der Waals surface area contributed by atoms with E-state index >= 15 is 0 Å². The lowest BCUT2D eigenvalue weighted by molar-refractivity contribution is -0.0185. The second-order valence-corrected chi connectivity index (χ2v) is 4.91. The number of rotatable bonds is 4. The van der Waals surface area contributed by atoms with E-state index in [1.54, 1.807) is 0 Å². The van der Waals surface area contributed by atoms with Crippen molar-refractivity contribution in [3.05, 3.63) is 23.7 Å². The van der Waals surface area contributed by atoms with E-state index in [1.165, 1.54) is 0 Å². The van der Waals surface area contributed by atoms with Crippen LogP contribution in [0, 0.1) is 6.92 Å². The second-order valence-electron chi connectivity index (χ2n) is 4.91. The Balaban J connectivity index is 2.04. The van der Waals surface area contributed by atoms with Gasteiger partial charge in [-0.3, -0.25) is 4.90 Å². The van der Waals surface area contributed by atoms with E-state index in [0.717, 1.165) is 44.1 Å². The number of furan rings is 1. The van der Waals surface area contributed by atoms with Crippen molar-refractivity contribution in [1.29, 1.82) is 0 Å². The Labute approximate surface area is 103 Å². The fourth-order valence-electron chi connectivity index (χ4n) is 2.46. The molecule has 0 saturated carbocycles. The molecule has 0 aromatic carbocycles. The van der Waals surface area contributed by atoms with Gasteiger partial charge >= 0.3 is 0 Å². The van der Waals surface area contributed by atoms with Crippen LogP contribution in [0.2, 0.25) is 0 Å². The second kappa shape index (κ2) is 5.21. The maximum Gasteiger partial charge on any atom is 0.118 e. The molecule has 0 atom stereocenters. The molecule has 0 radical (unpaired) electrons. The van der Waals surface area contributed by atoms with Gasteiger partial charge in [0.15, 0.2) is 0 Å². The predicted molar refractivity (Wildman–Crippen MR) is 66.8 cm³/mol. The molecule has 4 nitrogen and oxygen atoms in total. The number of nitrogens with zero attached hydrogens (tertiary/aromatic N) is 1. The van der Waals surface area contributed by atoms with E-state index in [0.29, 0.717) is 6.54 Å². The van der Waals surface area contributed by atoms with E-state index in [9.17, 15) is 0 Å². The lowest BCUT2D eigenvalue weighted by Crippen LogP contribution is -2.54. The van der Waals surface area contributed by atoms with Crippen LogP contribution in [0.3, 0.4) is 0 Å². The van der Waals surface area contributed by atoms with Crippen LogP contribution in [0.1, 0.15) is 24.4 Å². The fraction of sp³-hybridized carbons (Fsp3) is 0.692. The molecule has 96 valence electrons. The van der Waals surface area contributed by atoms with Crippen molar-refractivity contribution < 1.29 is 9.15 Å². The average molecular weight is 238 g/mol. The molecule has 4 heteroatoms. The highest BCUT2D eigenvalue weighted by Gasteiger charge is 2.35. The topological polar surface area (TPSA) is 51.6 Å². The lowest BCUT2D eigenvalue weighted by Gasteiger charge is -2.43. The highest BCUT2D eigenvalue weighted by atomic mass is 16.5. The predicted octanol–water partition coefficient (Wildman–Crippen LogP) is 1.53. The van der Waals surface area contributed by atoms with Crippen LogP contribution in [0.5, 0.6) is 0 Å². The van der Waals surface area contributed by atoms with E-state index in [-0.39, 0.29) is 5.54 Å². The first-order valence-electron chi connectivity index (χ1n) is 6.21. The van der Waals surface area contributed by atoms with Crippen LogP contribution in [0.4, 0.5) is 0 Å². The number of likely N-dealkylation sites (N-methyl/N-ethyl adjacent to an activating group) is 1. The Morgan fingerprint density at radius 1 is 1.35 bits per heavy atom. The third-order valence-electron chi connectivity index (χ3n) is 3.80. The summed E-state index contributed by atoms with van der Waals surface area (Å²) in [6.07, 6.45) is 2.00. The highest BCUT2D eigenvalue weighted by molar-refractivity contribution is 5.06. The molecule has 2 heterocycles. The fourth-order valence-corrected chi connectivity index (χ4v) is 2.46. The molecule has 2 rings (SSSR count). The van der Waals surface area contributed by atoms with Gasteiger partial charge in [-0.1, -0.05) is 0 Å². The minimum Gasteiger partial charge on any atom is -0.465 e. The normalized spacial score (nSPS) is 19.8. The number of ether oxygens (including phenoxy) is 1. The molecule has 1 aliphatic heterocycles. The zero-order valence-corrected chi connectivity index (χ0v) is 10.7. The van der Waals surface area contributed by atoms with E-state index < -0.39 is 0 Å². The first kappa shape index (κ1) is 12.6. The summed E-state index contributed by atoms with van der Waals surface area (Å²) in [6, 6.07) is 4.04. The Hall–Kier alpha value is -0.840. The minimum atomic E-state index is 0.0684. The molecule has 1 aromatic rings. The summed E-state index contributed by atoms with van der Waals surface area (Å²) >= 11 is 0. The maximum absolute atomic E-state index is 5.97. The summed E-state index contributed by atoms with van der Waals surface area (Å²) in [5.74, 6) is 1.96. The molecule has 0 aliphatic carbocycles. The largest absolute Gasteiger partial charge is 0.465 e. The molecule has 0 amide bonds. The smallest absolute Gasteiger partial charge is 0.118 e. The standard InChI is InChI=1S/C13H22N2O2/c1-11-3-4-12(17-11)9-15(2)13(10-14)5-7-16-8-6-13/h3-4H,5-10,14H2,1-2H3. The molecule has 0 unspecified atom stereocenters. The van der Waals surface area contributed by atoms with Gasteiger partial charge in [-0.05, 0) is 38.9 Å². The molecule has 1 saturated heterocycles. The Morgan fingerprint density at radius 3 is 2.59 bits per heavy atom. The summed E-state index contributed by atoms with van der Waals surface area (Å²) < 4.78 is 11.0. The highest BCUT2D eigenvalue weighted by Crippen LogP contribution is 2.27. The summed E-state index contributed by atoms with van der Waals surface area (Å²) in [5.41, 5.74) is 6.04. The van der Waals surface area contributed by atoms with Crippen molar-refractivity contribution in [2.24, 2.45) is 5.73 Å². The van der Waals surface area contributed by atoms with Gasteiger partial charge in [0.1, 0.15) is 11.5 Å². The van der Waals surface area contributed by atoms with Crippen molar-refractivity contribution in [2.45, 2.75) is 31.8 Å². The molecular formula is C13H22N2O2. The van der Waals surface area contributed by atoms with Gasteiger partial charge < -0.3 is 14.9 Å². The molecule has 2 N–H and O–H groups in total. The van der Waals surface area contributed by atoms with Gasteiger partial charge in [-0.15, -0.1) is 0 Å². The molecule has 1 aliphatic rings. The van der Waals surface area contributed by atoms with E-state index in [2.05, 4.69) is 11.9 Å². The molecule has 17 heavy (non-hydrogen) atoms. The number of hydrogen-bond acceptors (Lipinski definition) is 4.